The SMILES string of the molecule is CC(=O)CN1C(=O)CCN(C(C)=O)c2ncccc21. The van der Waals surface area contributed by atoms with Crippen molar-refractivity contribution in [3.63, 3.8) is 0 Å². The molecule has 0 aromatic carbocycles. The molecule has 6 heteroatoms. The van der Waals surface area contributed by atoms with Crippen LogP contribution in [0.2, 0.25) is 0 Å². The summed E-state index contributed by atoms with van der Waals surface area (Å²) in [5.74, 6) is -0.0212. The number of rotatable bonds is 2. The average molecular weight is 261 g/mol. The van der Waals surface area contributed by atoms with Gasteiger partial charge in [0, 0.05) is 26.1 Å². The first kappa shape index (κ1) is 13.2. The minimum Gasteiger partial charge on any atom is -0.301 e. The van der Waals surface area contributed by atoms with Crippen LogP contribution in [0.5, 0.6) is 0 Å². The van der Waals surface area contributed by atoms with Gasteiger partial charge in [-0.3, -0.25) is 19.3 Å². The van der Waals surface area contributed by atoms with Gasteiger partial charge >= 0.3 is 0 Å². The van der Waals surface area contributed by atoms with Gasteiger partial charge in [-0.15, -0.1) is 0 Å². The molecule has 1 aromatic heterocycles. The maximum absolute atomic E-state index is 12.1. The molecule has 6 nitrogen and oxygen atoms in total. The smallest absolute Gasteiger partial charge is 0.229 e. The van der Waals surface area contributed by atoms with Crippen LogP contribution in [0.4, 0.5) is 11.5 Å². The van der Waals surface area contributed by atoms with Gasteiger partial charge in [-0.2, -0.15) is 0 Å². The zero-order valence-corrected chi connectivity index (χ0v) is 10.9. The molecule has 1 aliphatic rings. The molecule has 0 aliphatic carbocycles. The van der Waals surface area contributed by atoms with Crippen LogP contribution in [0.25, 0.3) is 0 Å². The first-order chi connectivity index (χ1) is 9.00. The lowest BCUT2D eigenvalue weighted by molar-refractivity contribution is -0.121. The van der Waals surface area contributed by atoms with Crippen LogP contribution in [-0.2, 0) is 14.4 Å². The molecule has 0 atom stereocenters. The molecule has 0 fully saturated rings. The number of pyridine rings is 1. The molecule has 19 heavy (non-hydrogen) atoms. The van der Waals surface area contributed by atoms with Crippen LogP contribution in [0.1, 0.15) is 20.3 Å². The summed E-state index contributed by atoms with van der Waals surface area (Å²) in [5.41, 5.74) is 0.510. The number of hydrogen-bond acceptors (Lipinski definition) is 4. The Balaban J connectivity index is 2.51. The van der Waals surface area contributed by atoms with Gasteiger partial charge in [0.25, 0.3) is 0 Å². The molecule has 2 amide bonds. The predicted molar refractivity (Wildman–Crippen MR) is 69.9 cm³/mol. The average Bonchev–Trinajstić information content (AvgIpc) is 2.48. The molecule has 0 N–H and O–H groups in total. The third-order valence-electron chi connectivity index (χ3n) is 2.92. The molecule has 0 radical (unpaired) electrons. The van der Waals surface area contributed by atoms with E-state index in [2.05, 4.69) is 4.98 Å². The standard InChI is InChI=1S/C13H15N3O3/c1-9(17)8-16-11-4-3-6-14-13(11)15(10(2)18)7-5-12(16)19/h3-4,6H,5,7-8H2,1-2H3. The molecule has 100 valence electrons. The molecule has 1 aliphatic heterocycles. The van der Waals surface area contributed by atoms with Gasteiger partial charge in [-0.1, -0.05) is 0 Å². The van der Waals surface area contributed by atoms with Crippen LogP contribution in [0, 0.1) is 0 Å². The van der Waals surface area contributed by atoms with E-state index in [9.17, 15) is 14.4 Å². The Hall–Kier alpha value is -2.24. The number of anilines is 2. The van der Waals surface area contributed by atoms with E-state index >= 15 is 0 Å². The van der Waals surface area contributed by atoms with Crippen LogP contribution in [0.15, 0.2) is 18.3 Å². The minimum absolute atomic E-state index is 0.00325. The van der Waals surface area contributed by atoms with Gasteiger partial charge in [-0.05, 0) is 19.1 Å². The zero-order chi connectivity index (χ0) is 14.0. The van der Waals surface area contributed by atoms with Crippen molar-refractivity contribution in [2.24, 2.45) is 0 Å². The summed E-state index contributed by atoms with van der Waals surface area (Å²) in [6, 6.07) is 3.38. The number of amides is 2. The van der Waals surface area contributed by atoms with E-state index in [-0.39, 0.29) is 37.1 Å². The highest BCUT2D eigenvalue weighted by molar-refractivity contribution is 6.05. The summed E-state index contributed by atoms with van der Waals surface area (Å²) >= 11 is 0. The van der Waals surface area contributed by atoms with Crippen LogP contribution in [-0.4, -0.2) is 35.7 Å². The third kappa shape index (κ3) is 2.62. The van der Waals surface area contributed by atoms with E-state index in [1.165, 1.54) is 23.6 Å². The molecule has 0 saturated heterocycles. The number of carbonyl (C=O) groups excluding carboxylic acids is 3. The molecule has 0 bridgehead atoms. The van der Waals surface area contributed by atoms with Gasteiger partial charge in [0.05, 0.1) is 12.2 Å². The molecular formula is C13H15N3O3. The van der Waals surface area contributed by atoms with Crippen molar-refractivity contribution >= 4 is 29.1 Å². The highest BCUT2D eigenvalue weighted by Crippen LogP contribution is 2.30. The molecular weight excluding hydrogens is 246 g/mol. The van der Waals surface area contributed by atoms with Crippen molar-refractivity contribution in [1.29, 1.82) is 0 Å². The van der Waals surface area contributed by atoms with Gasteiger partial charge in [0.15, 0.2) is 5.82 Å². The fraction of sp³-hybridized carbons (Fsp3) is 0.385. The largest absolute Gasteiger partial charge is 0.301 e. The van der Waals surface area contributed by atoms with E-state index in [0.29, 0.717) is 11.5 Å². The molecule has 1 aromatic rings. The normalized spacial score (nSPS) is 14.9. The second kappa shape index (κ2) is 5.17. The molecule has 0 unspecified atom stereocenters. The third-order valence-corrected chi connectivity index (χ3v) is 2.92. The number of Topliss-reactive ketones (excluding diaryl/α,β-unsaturated/α-hetero) is 1. The van der Waals surface area contributed by atoms with Crippen molar-refractivity contribution in [3.8, 4) is 0 Å². The molecule has 0 spiro atoms. The maximum Gasteiger partial charge on any atom is 0.229 e. The lowest BCUT2D eigenvalue weighted by Crippen LogP contribution is -2.34. The Morgan fingerprint density at radius 3 is 2.74 bits per heavy atom. The second-order valence-electron chi connectivity index (χ2n) is 4.45. The molecule has 2 rings (SSSR count). The van der Waals surface area contributed by atoms with E-state index in [1.807, 2.05) is 0 Å². The summed E-state index contributed by atoms with van der Waals surface area (Å²) in [6.45, 7) is 3.15. The van der Waals surface area contributed by atoms with Gasteiger partial charge in [0.1, 0.15) is 5.78 Å². The second-order valence-corrected chi connectivity index (χ2v) is 4.45. The summed E-state index contributed by atoms with van der Waals surface area (Å²) in [4.78, 5) is 42.1. The quantitative estimate of drug-likeness (QED) is 0.788. The topological polar surface area (TPSA) is 70.6 Å². The van der Waals surface area contributed by atoms with Crippen LogP contribution >= 0.6 is 0 Å². The van der Waals surface area contributed by atoms with Crippen LogP contribution < -0.4 is 9.80 Å². The van der Waals surface area contributed by atoms with Gasteiger partial charge in [-0.25, -0.2) is 4.98 Å². The van der Waals surface area contributed by atoms with E-state index in [1.54, 1.807) is 18.3 Å². The van der Waals surface area contributed by atoms with Crippen molar-refractivity contribution in [2.45, 2.75) is 20.3 Å². The maximum atomic E-state index is 12.1. The summed E-state index contributed by atoms with van der Waals surface area (Å²) in [5, 5.41) is 0. The number of carbonyl (C=O) groups is 3. The fourth-order valence-electron chi connectivity index (χ4n) is 2.09. The highest BCUT2D eigenvalue weighted by Gasteiger charge is 2.29. The van der Waals surface area contributed by atoms with Crippen molar-refractivity contribution in [1.82, 2.24) is 4.98 Å². The number of ketones is 1. The summed E-state index contributed by atoms with van der Waals surface area (Å²) in [7, 11) is 0. The Labute approximate surface area is 111 Å². The molecule has 2 heterocycles. The number of aromatic nitrogens is 1. The summed E-state index contributed by atoms with van der Waals surface area (Å²) < 4.78 is 0. The van der Waals surface area contributed by atoms with Crippen molar-refractivity contribution < 1.29 is 14.4 Å². The Kier molecular flexibility index (Phi) is 3.59. The Bertz CT molecular complexity index is 542. The summed E-state index contributed by atoms with van der Waals surface area (Å²) in [6.07, 6.45) is 1.75. The number of nitrogens with zero attached hydrogens (tertiary/aromatic N) is 3. The van der Waals surface area contributed by atoms with Gasteiger partial charge in [0.2, 0.25) is 11.8 Å². The van der Waals surface area contributed by atoms with E-state index in [4.69, 9.17) is 0 Å². The van der Waals surface area contributed by atoms with Crippen LogP contribution in [0.3, 0.4) is 0 Å². The predicted octanol–water partition coefficient (Wildman–Crippen LogP) is 0.760. The molecule has 0 saturated carbocycles. The van der Waals surface area contributed by atoms with Gasteiger partial charge < -0.3 is 4.90 Å². The lowest BCUT2D eigenvalue weighted by atomic mass is 10.3. The highest BCUT2D eigenvalue weighted by atomic mass is 16.2. The number of fused-ring (bicyclic) bond motifs is 1. The monoisotopic (exact) mass is 261 g/mol. The Morgan fingerprint density at radius 2 is 2.11 bits per heavy atom. The Morgan fingerprint density at radius 1 is 1.37 bits per heavy atom. The van der Waals surface area contributed by atoms with E-state index < -0.39 is 0 Å². The van der Waals surface area contributed by atoms with Crippen molar-refractivity contribution in [2.75, 3.05) is 22.9 Å². The minimum atomic E-state index is -0.173. The fourth-order valence-corrected chi connectivity index (χ4v) is 2.09. The zero-order valence-electron chi connectivity index (χ0n) is 10.9. The first-order valence-electron chi connectivity index (χ1n) is 6.03. The number of hydrogen-bond donors (Lipinski definition) is 0. The van der Waals surface area contributed by atoms with Crippen molar-refractivity contribution in [3.05, 3.63) is 18.3 Å². The van der Waals surface area contributed by atoms with E-state index in [0.717, 1.165) is 0 Å². The lowest BCUT2D eigenvalue weighted by Gasteiger charge is -2.22. The first-order valence-corrected chi connectivity index (χ1v) is 6.03.